The lowest BCUT2D eigenvalue weighted by Gasteiger charge is -2.40. The molecule has 0 radical (unpaired) electrons. The maximum Gasteiger partial charge on any atom is 0.322 e. The van der Waals surface area contributed by atoms with Crippen LogP contribution in [0.3, 0.4) is 0 Å². The molecule has 1 saturated carbocycles. The first-order valence-corrected chi connectivity index (χ1v) is 10.7. The summed E-state index contributed by atoms with van der Waals surface area (Å²) in [5, 5.41) is 6.90. The minimum atomic E-state index is -3.22. The number of aromatic nitrogens is 2. The van der Waals surface area contributed by atoms with Gasteiger partial charge in [-0.15, -0.1) is 0 Å². The molecule has 1 aliphatic heterocycles. The van der Waals surface area contributed by atoms with Gasteiger partial charge in [-0.05, 0) is 32.1 Å². The summed E-state index contributed by atoms with van der Waals surface area (Å²) in [6.07, 6.45) is 8.24. The summed E-state index contributed by atoms with van der Waals surface area (Å²) >= 11 is 0. The van der Waals surface area contributed by atoms with Gasteiger partial charge in [-0.2, -0.15) is 9.40 Å². The Hall–Kier alpha value is -1.61. The van der Waals surface area contributed by atoms with E-state index in [-0.39, 0.29) is 18.1 Å². The number of hydrogen-bond donors (Lipinski definition) is 1. The lowest BCUT2D eigenvalue weighted by Crippen LogP contribution is -2.50. The molecule has 0 bridgehead atoms. The molecule has 0 aromatic carbocycles. The summed E-state index contributed by atoms with van der Waals surface area (Å²) < 4.78 is 27.9. The first-order chi connectivity index (χ1) is 11.9. The fourth-order valence-electron chi connectivity index (χ4n) is 3.70. The van der Waals surface area contributed by atoms with Crippen molar-refractivity contribution in [3.63, 3.8) is 0 Å². The normalized spacial score (nSPS) is 22.5. The van der Waals surface area contributed by atoms with Crippen LogP contribution < -0.4 is 5.32 Å². The van der Waals surface area contributed by atoms with E-state index in [2.05, 4.69) is 10.4 Å². The number of sulfonamides is 1. The Morgan fingerprint density at radius 1 is 1.20 bits per heavy atom. The van der Waals surface area contributed by atoms with Crippen LogP contribution in [-0.4, -0.2) is 64.9 Å². The zero-order valence-electron chi connectivity index (χ0n) is 14.9. The van der Waals surface area contributed by atoms with Crippen molar-refractivity contribution >= 4 is 21.9 Å². The summed E-state index contributed by atoms with van der Waals surface area (Å²) in [5.74, 6) is 0.651. The Morgan fingerprint density at radius 3 is 2.44 bits per heavy atom. The van der Waals surface area contributed by atoms with Gasteiger partial charge in [-0.3, -0.25) is 10.00 Å². The van der Waals surface area contributed by atoms with Gasteiger partial charge < -0.3 is 4.90 Å². The van der Waals surface area contributed by atoms with Crippen LogP contribution in [0.25, 0.3) is 0 Å². The lowest BCUT2D eigenvalue weighted by molar-refractivity contribution is 0.162. The largest absolute Gasteiger partial charge is 0.324 e. The van der Waals surface area contributed by atoms with Crippen LogP contribution >= 0.6 is 0 Å². The SMILES string of the molecule is Cn1nccc1NC(=O)N1CCC[C@@H](N(C2CCC2)S(C)(=O)=O)CC1. The van der Waals surface area contributed by atoms with E-state index in [4.69, 9.17) is 0 Å². The van der Waals surface area contributed by atoms with E-state index in [9.17, 15) is 13.2 Å². The molecule has 8 nitrogen and oxygen atoms in total. The molecule has 1 aromatic rings. The highest BCUT2D eigenvalue weighted by Gasteiger charge is 2.37. The molecule has 2 amide bonds. The third-order valence-electron chi connectivity index (χ3n) is 5.22. The van der Waals surface area contributed by atoms with Crippen LogP contribution in [-0.2, 0) is 17.1 Å². The van der Waals surface area contributed by atoms with Crippen LogP contribution in [0.5, 0.6) is 0 Å². The van der Waals surface area contributed by atoms with Crippen LogP contribution in [0.1, 0.15) is 38.5 Å². The van der Waals surface area contributed by atoms with E-state index in [1.165, 1.54) is 6.26 Å². The van der Waals surface area contributed by atoms with Crippen molar-refractivity contribution in [2.45, 2.75) is 50.6 Å². The maximum absolute atomic E-state index is 12.5. The third kappa shape index (κ3) is 4.14. The van der Waals surface area contributed by atoms with Crippen LogP contribution in [0.15, 0.2) is 12.3 Å². The number of urea groups is 1. The van der Waals surface area contributed by atoms with Crippen molar-refractivity contribution in [1.82, 2.24) is 19.0 Å². The average Bonchev–Trinajstić information content (AvgIpc) is 2.75. The minimum absolute atomic E-state index is 0.00481. The summed E-state index contributed by atoms with van der Waals surface area (Å²) in [6, 6.07) is 1.74. The summed E-state index contributed by atoms with van der Waals surface area (Å²) in [6.45, 7) is 1.20. The van der Waals surface area contributed by atoms with Gasteiger partial charge in [-0.1, -0.05) is 6.42 Å². The van der Waals surface area contributed by atoms with Crippen molar-refractivity contribution < 1.29 is 13.2 Å². The Balaban J connectivity index is 1.63. The number of nitrogens with one attached hydrogen (secondary N) is 1. The topological polar surface area (TPSA) is 87.5 Å². The zero-order valence-corrected chi connectivity index (χ0v) is 15.7. The molecule has 1 N–H and O–H groups in total. The van der Waals surface area contributed by atoms with Crippen LogP contribution in [0.4, 0.5) is 10.6 Å². The zero-order chi connectivity index (χ0) is 18.0. The number of carbonyl (C=O) groups excluding carboxylic acids is 1. The second kappa shape index (κ2) is 7.33. The van der Waals surface area contributed by atoms with Crippen molar-refractivity contribution in [3.05, 3.63) is 12.3 Å². The summed E-state index contributed by atoms with van der Waals surface area (Å²) in [4.78, 5) is 14.3. The van der Waals surface area contributed by atoms with Gasteiger partial charge >= 0.3 is 6.03 Å². The average molecular weight is 369 g/mol. The predicted molar refractivity (Wildman–Crippen MR) is 95.8 cm³/mol. The molecule has 140 valence electrons. The van der Waals surface area contributed by atoms with E-state index < -0.39 is 10.0 Å². The highest BCUT2D eigenvalue weighted by Crippen LogP contribution is 2.32. The number of aryl methyl sites for hydroxylation is 1. The standard InChI is InChI=1S/C16H27N5O3S/c1-19-15(8-10-17-19)18-16(22)20-11-4-7-14(9-12-20)21(25(2,23)24)13-5-3-6-13/h8,10,13-14H,3-7,9,11-12H2,1-2H3,(H,18,22)/t14-/m1/s1. The minimum Gasteiger partial charge on any atom is -0.324 e. The maximum atomic E-state index is 12.5. The molecule has 3 rings (SSSR count). The molecule has 1 aliphatic carbocycles. The summed E-state index contributed by atoms with van der Waals surface area (Å²) in [7, 11) is -1.45. The number of rotatable bonds is 4. The Bertz CT molecular complexity index is 713. The van der Waals surface area contributed by atoms with Gasteiger partial charge in [-0.25, -0.2) is 13.2 Å². The molecule has 1 atom stereocenters. The van der Waals surface area contributed by atoms with E-state index in [0.717, 1.165) is 32.1 Å². The number of likely N-dealkylation sites (tertiary alicyclic amines) is 1. The Morgan fingerprint density at radius 2 is 1.88 bits per heavy atom. The van der Waals surface area contributed by atoms with Gasteiger partial charge in [0.2, 0.25) is 10.0 Å². The molecule has 0 unspecified atom stereocenters. The lowest BCUT2D eigenvalue weighted by atomic mass is 9.91. The number of nitrogens with zero attached hydrogens (tertiary/aromatic N) is 4. The van der Waals surface area contributed by atoms with Crippen LogP contribution in [0.2, 0.25) is 0 Å². The summed E-state index contributed by atoms with van der Waals surface area (Å²) in [5.41, 5.74) is 0. The molecular formula is C16H27N5O3S. The molecule has 2 heterocycles. The monoisotopic (exact) mass is 369 g/mol. The quantitative estimate of drug-likeness (QED) is 0.874. The van der Waals surface area contributed by atoms with E-state index in [1.54, 1.807) is 33.2 Å². The molecule has 1 aromatic heterocycles. The number of anilines is 1. The van der Waals surface area contributed by atoms with Crippen LogP contribution in [0, 0.1) is 0 Å². The molecule has 1 saturated heterocycles. The fourth-order valence-corrected chi connectivity index (χ4v) is 5.21. The van der Waals surface area contributed by atoms with Crippen molar-refractivity contribution in [2.24, 2.45) is 7.05 Å². The van der Waals surface area contributed by atoms with Crippen molar-refractivity contribution in [2.75, 3.05) is 24.7 Å². The third-order valence-corrected chi connectivity index (χ3v) is 6.58. The first kappa shape index (κ1) is 18.2. The van der Waals surface area contributed by atoms with Gasteiger partial charge in [0.1, 0.15) is 5.82 Å². The van der Waals surface area contributed by atoms with E-state index in [0.29, 0.717) is 25.3 Å². The molecular weight excluding hydrogens is 342 g/mol. The number of hydrogen-bond acceptors (Lipinski definition) is 4. The van der Waals surface area contributed by atoms with Gasteiger partial charge in [0.05, 0.1) is 12.5 Å². The molecule has 2 aliphatic rings. The Kier molecular flexibility index (Phi) is 5.33. The second-order valence-corrected chi connectivity index (χ2v) is 8.91. The number of carbonyl (C=O) groups is 1. The molecule has 2 fully saturated rings. The van der Waals surface area contributed by atoms with Gasteiger partial charge in [0, 0.05) is 38.3 Å². The molecule has 9 heteroatoms. The highest BCUT2D eigenvalue weighted by atomic mass is 32.2. The molecule has 0 spiro atoms. The fraction of sp³-hybridized carbons (Fsp3) is 0.750. The van der Waals surface area contributed by atoms with Crippen molar-refractivity contribution in [3.8, 4) is 0 Å². The predicted octanol–water partition coefficient (Wildman–Crippen LogP) is 1.62. The van der Waals surface area contributed by atoms with Gasteiger partial charge in [0.25, 0.3) is 0 Å². The first-order valence-electron chi connectivity index (χ1n) is 8.88. The second-order valence-electron chi connectivity index (χ2n) is 7.02. The van der Waals surface area contributed by atoms with E-state index >= 15 is 0 Å². The highest BCUT2D eigenvalue weighted by molar-refractivity contribution is 7.88. The smallest absolute Gasteiger partial charge is 0.322 e. The Labute approximate surface area is 149 Å². The van der Waals surface area contributed by atoms with E-state index in [1.807, 2.05) is 0 Å². The van der Waals surface area contributed by atoms with Crippen molar-refractivity contribution in [1.29, 1.82) is 0 Å². The molecule has 25 heavy (non-hydrogen) atoms. The number of amides is 2. The van der Waals surface area contributed by atoms with Gasteiger partial charge in [0.15, 0.2) is 0 Å².